The minimum absolute atomic E-state index is 0.122. The van der Waals surface area contributed by atoms with Crippen LogP contribution in [0.5, 0.6) is 0 Å². The number of rotatable bonds is 5. The number of fused-ring (bicyclic) bond motifs is 5. The van der Waals surface area contributed by atoms with Gasteiger partial charge in [0.1, 0.15) is 5.60 Å². The van der Waals surface area contributed by atoms with Gasteiger partial charge in [0.2, 0.25) is 0 Å². The topological polar surface area (TPSA) is 52.6 Å². The molecule has 4 saturated carbocycles. The molecule has 8 atom stereocenters. The molecule has 4 heteroatoms. The Hall–Kier alpha value is -1.06. The van der Waals surface area contributed by atoms with Gasteiger partial charge in [0.15, 0.2) is 0 Å². The third kappa shape index (κ3) is 3.60. The zero-order chi connectivity index (χ0) is 21.5. The van der Waals surface area contributed by atoms with Crippen molar-refractivity contribution >= 4 is 11.9 Å². The zero-order valence-electron chi connectivity index (χ0n) is 19.6. The molecule has 0 aromatic carbocycles. The molecular weight excluding hydrogens is 376 g/mol. The third-order valence-electron chi connectivity index (χ3n) is 10.1. The molecule has 0 saturated heterocycles. The molecule has 0 aromatic rings. The molecule has 4 aliphatic carbocycles. The lowest BCUT2D eigenvalue weighted by molar-refractivity contribution is -0.197. The van der Waals surface area contributed by atoms with E-state index in [2.05, 4.69) is 13.8 Å². The van der Waals surface area contributed by atoms with Gasteiger partial charge < -0.3 is 9.47 Å². The van der Waals surface area contributed by atoms with Crippen molar-refractivity contribution in [3.8, 4) is 0 Å². The Labute approximate surface area is 182 Å². The van der Waals surface area contributed by atoms with Gasteiger partial charge in [0.25, 0.3) is 0 Å². The fourth-order valence-corrected chi connectivity index (χ4v) is 8.84. The predicted octanol–water partition coefficient (Wildman–Crippen LogP) is 5.92. The van der Waals surface area contributed by atoms with E-state index in [1.165, 1.54) is 58.5 Å². The van der Waals surface area contributed by atoms with E-state index in [4.69, 9.17) is 9.47 Å². The number of carbonyl (C=O) groups is 2. The van der Waals surface area contributed by atoms with E-state index < -0.39 is 0 Å². The lowest BCUT2D eigenvalue weighted by Crippen LogP contribution is -2.58. The van der Waals surface area contributed by atoms with Gasteiger partial charge in [-0.15, -0.1) is 0 Å². The van der Waals surface area contributed by atoms with E-state index in [1.54, 1.807) is 6.92 Å². The maximum Gasteiger partial charge on any atom is 0.305 e. The number of hydrogen-bond acceptors (Lipinski definition) is 4. The molecular formula is C26H42O4. The molecule has 0 heterocycles. The lowest BCUT2D eigenvalue weighted by atomic mass is 9.46. The smallest absolute Gasteiger partial charge is 0.305 e. The molecule has 4 nitrogen and oxygen atoms in total. The van der Waals surface area contributed by atoms with Crippen LogP contribution in [-0.4, -0.2) is 24.6 Å². The van der Waals surface area contributed by atoms with Crippen LogP contribution in [-0.2, 0) is 19.1 Å². The van der Waals surface area contributed by atoms with Crippen LogP contribution in [0.25, 0.3) is 0 Å². The second-order valence-corrected chi connectivity index (χ2v) is 11.3. The Kier molecular flexibility index (Phi) is 6.25. The van der Waals surface area contributed by atoms with Crippen molar-refractivity contribution < 1.29 is 19.1 Å². The maximum atomic E-state index is 12.3. The molecule has 170 valence electrons. The highest BCUT2D eigenvalue weighted by molar-refractivity contribution is 5.69. The van der Waals surface area contributed by atoms with E-state index in [1.807, 2.05) is 0 Å². The summed E-state index contributed by atoms with van der Waals surface area (Å²) in [6.07, 6.45) is 14.1. The second kappa shape index (κ2) is 8.47. The fraction of sp³-hybridized carbons (Fsp3) is 0.923. The Morgan fingerprint density at radius 3 is 2.53 bits per heavy atom. The first-order valence-electron chi connectivity index (χ1n) is 12.6. The van der Waals surface area contributed by atoms with Crippen molar-refractivity contribution in [2.75, 3.05) is 7.11 Å². The van der Waals surface area contributed by atoms with Crippen LogP contribution in [0.4, 0.5) is 0 Å². The Morgan fingerprint density at radius 1 is 1.00 bits per heavy atom. The summed E-state index contributed by atoms with van der Waals surface area (Å²) < 4.78 is 11.2. The quantitative estimate of drug-likeness (QED) is 0.520. The highest BCUT2D eigenvalue weighted by atomic mass is 16.6. The normalized spacial score (nSPS) is 43.7. The molecule has 0 spiro atoms. The monoisotopic (exact) mass is 418 g/mol. The van der Waals surface area contributed by atoms with Gasteiger partial charge in [0, 0.05) is 25.2 Å². The van der Waals surface area contributed by atoms with E-state index in [9.17, 15) is 9.59 Å². The molecule has 8 unspecified atom stereocenters. The number of carbonyl (C=O) groups excluding carboxylic acids is 2. The molecule has 4 rings (SSSR count). The number of esters is 2. The molecule has 0 bridgehead atoms. The van der Waals surface area contributed by atoms with Crippen molar-refractivity contribution in [2.45, 2.75) is 103 Å². The van der Waals surface area contributed by atoms with Crippen LogP contribution in [0.3, 0.4) is 0 Å². The van der Waals surface area contributed by atoms with Crippen LogP contribution >= 0.6 is 0 Å². The third-order valence-corrected chi connectivity index (χ3v) is 10.1. The largest absolute Gasteiger partial charge is 0.469 e. The van der Waals surface area contributed by atoms with Crippen LogP contribution in [0.2, 0.25) is 0 Å². The minimum atomic E-state index is -0.305. The molecule has 0 N–H and O–H groups in total. The van der Waals surface area contributed by atoms with Crippen molar-refractivity contribution in [1.29, 1.82) is 0 Å². The number of hydrogen-bond donors (Lipinski definition) is 0. The first-order valence-corrected chi connectivity index (χ1v) is 12.6. The highest BCUT2D eigenvalue weighted by Gasteiger charge is 2.63. The Bertz CT molecular complexity index is 659. The molecule has 0 radical (unpaired) electrons. The molecule has 4 aliphatic rings. The van der Waals surface area contributed by atoms with E-state index in [-0.39, 0.29) is 17.5 Å². The molecule has 4 fully saturated rings. The summed E-state index contributed by atoms with van der Waals surface area (Å²) in [5, 5.41) is 0. The van der Waals surface area contributed by atoms with E-state index in [0.717, 1.165) is 31.1 Å². The summed E-state index contributed by atoms with van der Waals surface area (Å²) in [5.74, 6) is 3.40. The van der Waals surface area contributed by atoms with Gasteiger partial charge in [-0.05, 0) is 86.9 Å². The Morgan fingerprint density at radius 2 is 1.80 bits per heavy atom. The standard InChI is InChI=1S/C26H42O4/c1-17(8-13-24(28)29-4)21-11-12-23-20-10-9-19-7-5-6-15-25(19,3)22(20)14-16-26(21,23)30-18(2)27/h17,19-23H,5-16H2,1-4H3. The van der Waals surface area contributed by atoms with Gasteiger partial charge in [-0.2, -0.15) is 0 Å². The van der Waals surface area contributed by atoms with Gasteiger partial charge in [0.05, 0.1) is 7.11 Å². The van der Waals surface area contributed by atoms with Crippen molar-refractivity contribution in [2.24, 2.45) is 40.9 Å². The van der Waals surface area contributed by atoms with E-state index >= 15 is 0 Å². The SMILES string of the molecule is COC(=O)CCC(C)C1CCC2C3CCC4CCCCC4(C)C3CCC12OC(C)=O. The lowest BCUT2D eigenvalue weighted by Gasteiger charge is -2.60. The second-order valence-electron chi connectivity index (χ2n) is 11.3. The molecule has 0 aliphatic heterocycles. The first kappa shape index (κ1) is 22.1. The van der Waals surface area contributed by atoms with Crippen molar-refractivity contribution in [3.05, 3.63) is 0 Å². The highest BCUT2D eigenvalue weighted by Crippen LogP contribution is 2.66. The fourth-order valence-electron chi connectivity index (χ4n) is 8.84. The molecule has 0 aromatic heterocycles. The van der Waals surface area contributed by atoms with Crippen LogP contribution in [0.15, 0.2) is 0 Å². The van der Waals surface area contributed by atoms with Gasteiger partial charge in [-0.1, -0.05) is 26.7 Å². The van der Waals surface area contributed by atoms with Crippen LogP contribution < -0.4 is 0 Å². The summed E-state index contributed by atoms with van der Waals surface area (Å²) >= 11 is 0. The summed E-state index contributed by atoms with van der Waals surface area (Å²) in [5.41, 5.74) is 0.193. The van der Waals surface area contributed by atoms with Gasteiger partial charge in [-0.3, -0.25) is 9.59 Å². The van der Waals surface area contributed by atoms with Crippen molar-refractivity contribution in [3.63, 3.8) is 0 Å². The average molecular weight is 419 g/mol. The zero-order valence-corrected chi connectivity index (χ0v) is 19.6. The predicted molar refractivity (Wildman–Crippen MR) is 117 cm³/mol. The molecule has 30 heavy (non-hydrogen) atoms. The minimum Gasteiger partial charge on any atom is -0.469 e. The Balaban J connectivity index is 1.58. The van der Waals surface area contributed by atoms with E-state index in [0.29, 0.717) is 35.5 Å². The van der Waals surface area contributed by atoms with Crippen LogP contribution in [0.1, 0.15) is 97.8 Å². The van der Waals surface area contributed by atoms with Crippen LogP contribution in [0, 0.1) is 40.9 Å². The van der Waals surface area contributed by atoms with Crippen molar-refractivity contribution in [1.82, 2.24) is 0 Å². The summed E-state index contributed by atoms with van der Waals surface area (Å²) in [4.78, 5) is 24.0. The maximum absolute atomic E-state index is 12.3. The number of methoxy groups -OCH3 is 1. The summed E-state index contributed by atoms with van der Waals surface area (Å²) in [7, 11) is 1.46. The average Bonchev–Trinajstić information content (AvgIpc) is 3.09. The number of ether oxygens (including phenoxy) is 2. The molecule has 0 amide bonds. The summed E-state index contributed by atoms with van der Waals surface area (Å²) in [6, 6.07) is 0. The van der Waals surface area contributed by atoms with Gasteiger partial charge >= 0.3 is 11.9 Å². The van der Waals surface area contributed by atoms with Gasteiger partial charge in [-0.25, -0.2) is 0 Å². The first-order chi connectivity index (χ1) is 14.3. The summed E-state index contributed by atoms with van der Waals surface area (Å²) in [6.45, 7) is 6.44.